The minimum absolute atomic E-state index is 0.195. The van der Waals surface area contributed by atoms with Crippen LogP contribution < -0.4 is 10.1 Å². The average Bonchev–Trinajstić information content (AvgIpc) is 3.49. The molecule has 1 aliphatic rings. The molecule has 9 heteroatoms. The van der Waals surface area contributed by atoms with Crippen LogP contribution in [0.2, 0.25) is 0 Å². The van der Waals surface area contributed by atoms with Gasteiger partial charge in [-0.1, -0.05) is 12.1 Å². The van der Waals surface area contributed by atoms with E-state index in [2.05, 4.69) is 32.2 Å². The lowest BCUT2D eigenvalue weighted by Crippen LogP contribution is -2.18. The number of nitrogens with one attached hydrogen (secondary N) is 1. The molecule has 0 aliphatic heterocycles. The van der Waals surface area contributed by atoms with Crippen molar-refractivity contribution < 1.29 is 14.3 Å². The molecule has 1 amide bonds. The Balaban J connectivity index is 1.38. The highest BCUT2D eigenvalue weighted by Gasteiger charge is 2.28. The van der Waals surface area contributed by atoms with E-state index in [-0.39, 0.29) is 6.10 Å². The van der Waals surface area contributed by atoms with Crippen molar-refractivity contribution in [2.24, 2.45) is 0 Å². The fourth-order valence-electron chi connectivity index (χ4n) is 4.80. The molecule has 2 heterocycles. The topological polar surface area (TPSA) is 107 Å². The summed E-state index contributed by atoms with van der Waals surface area (Å²) in [5.41, 5.74) is 4.17. The Morgan fingerprint density at radius 1 is 1.13 bits per heavy atom. The number of rotatable bonds is 10. The lowest BCUT2D eigenvalue weighted by atomic mass is 9.92. The summed E-state index contributed by atoms with van der Waals surface area (Å²) < 4.78 is 15.5. The van der Waals surface area contributed by atoms with Crippen LogP contribution in [0.25, 0.3) is 22.2 Å². The van der Waals surface area contributed by atoms with Crippen molar-refractivity contribution in [1.82, 2.24) is 19.3 Å². The number of benzene rings is 2. The summed E-state index contributed by atoms with van der Waals surface area (Å²) in [5.74, 6) is 0.805. The number of nitrogens with zero attached hydrogens (tertiary/aromatic N) is 5. The molecule has 1 N–H and O–H groups in total. The van der Waals surface area contributed by atoms with Gasteiger partial charge in [0.25, 0.3) is 0 Å². The first-order valence-electron chi connectivity index (χ1n) is 13.1. The molecule has 5 rings (SSSR count). The number of carbonyl (C=O) groups is 1. The highest BCUT2D eigenvalue weighted by molar-refractivity contribution is 5.96. The standard InChI is InChI=1S/C29H32N6O3/c1-20(2)38-29(36)33-22-10-8-21(9-11-22)28-26(17-30)25-13-12-24(16-27(25)35(28)23-6-5-7-23)37-15-4-3-14-34-18-31-32-19-34/h8-13,16,18-20,23H,3-7,14-15H2,1-2H3,(H,33,36). The van der Waals surface area contributed by atoms with Crippen LogP contribution in [0, 0.1) is 11.3 Å². The maximum absolute atomic E-state index is 12.0. The summed E-state index contributed by atoms with van der Waals surface area (Å²) in [7, 11) is 0. The predicted molar refractivity (Wildman–Crippen MR) is 145 cm³/mol. The first-order valence-corrected chi connectivity index (χ1v) is 13.1. The average molecular weight is 513 g/mol. The van der Waals surface area contributed by atoms with Gasteiger partial charge >= 0.3 is 6.09 Å². The zero-order valence-electron chi connectivity index (χ0n) is 21.8. The normalized spacial score (nSPS) is 13.3. The van der Waals surface area contributed by atoms with Gasteiger partial charge in [-0.2, -0.15) is 5.26 Å². The van der Waals surface area contributed by atoms with Crippen molar-refractivity contribution in [1.29, 1.82) is 5.26 Å². The van der Waals surface area contributed by atoms with E-state index in [4.69, 9.17) is 9.47 Å². The third-order valence-corrected chi connectivity index (χ3v) is 6.82. The van der Waals surface area contributed by atoms with Crippen molar-refractivity contribution in [2.45, 2.75) is 64.6 Å². The van der Waals surface area contributed by atoms with Crippen LogP contribution >= 0.6 is 0 Å². The number of fused-ring (bicyclic) bond motifs is 1. The number of unbranched alkanes of at least 4 members (excludes halogenated alkanes) is 1. The van der Waals surface area contributed by atoms with Gasteiger partial charge in [0.1, 0.15) is 24.5 Å². The van der Waals surface area contributed by atoms with E-state index in [1.54, 1.807) is 12.7 Å². The van der Waals surface area contributed by atoms with Crippen molar-refractivity contribution in [3.8, 4) is 23.1 Å². The number of hydrogen-bond donors (Lipinski definition) is 1. The molecule has 1 aliphatic carbocycles. The molecular weight excluding hydrogens is 480 g/mol. The fraction of sp³-hybridized carbons (Fsp3) is 0.379. The first kappa shape index (κ1) is 25.3. The zero-order chi connectivity index (χ0) is 26.5. The Bertz CT molecular complexity index is 1430. The molecule has 0 radical (unpaired) electrons. The SMILES string of the molecule is CC(C)OC(=O)Nc1ccc(-c2c(C#N)c3ccc(OCCCCn4cnnc4)cc3n2C2CCC2)cc1. The summed E-state index contributed by atoms with van der Waals surface area (Å²) in [6, 6.07) is 16.4. The first-order chi connectivity index (χ1) is 18.5. The highest BCUT2D eigenvalue weighted by atomic mass is 16.6. The second-order valence-corrected chi connectivity index (χ2v) is 9.88. The molecule has 4 aromatic rings. The Morgan fingerprint density at radius 2 is 1.89 bits per heavy atom. The van der Waals surface area contributed by atoms with Crippen LogP contribution in [0.3, 0.4) is 0 Å². The summed E-state index contributed by atoms with van der Waals surface area (Å²) in [5, 5.41) is 21.5. The number of anilines is 1. The van der Waals surface area contributed by atoms with Gasteiger partial charge in [-0.05, 0) is 75.8 Å². The number of aryl methyl sites for hydroxylation is 1. The van der Waals surface area contributed by atoms with Gasteiger partial charge in [-0.15, -0.1) is 10.2 Å². The number of ether oxygens (including phenoxy) is 2. The van der Waals surface area contributed by atoms with Gasteiger partial charge in [-0.3, -0.25) is 5.32 Å². The van der Waals surface area contributed by atoms with E-state index in [0.717, 1.165) is 60.1 Å². The zero-order valence-corrected chi connectivity index (χ0v) is 21.8. The molecule has 9 nitrogen and oxygen atoms in total. The van der Waals surface area contributed by atoms with Crippen molar-refractivity contribution in [3.05, 3.63) is 60.7 Å². The maximum atomic E-state index is 12.0. The van der Waals surface area contributed by atoms with Gasteiger partial charge < -0.3 is 18.6 Å². The molecule has 1 fully saturated rings. The monoisotopic (exact) mass is 512 g/mol. The van der Waals surface area contributed by atoms with Crippen molar-refractivity contribution in [3.63, 3.8) is 0 Å². The number of amides is 1. The summed E-state index contributed by atoms with van der Waals surface area (Å²) in [6.07, 6.45) is 7.99. The number of nitriles is 1. The van der Waals surface area contributed by atoms with E-state index >= 15 is 0 Å². The lowest BCUT2D eigenvalue weighted by Gasteiger charge is -2.30. The Labute approximate surface area is 222 Å². The summed E-state index contributed by atoms with van der Waals surface area (Å²) in [6.45, 7) is 5.09. The van der Waals surface area contributed by atoms with E-state index in [0.29, 0.717) is 23.9 Å². The maximum Gasteiger partial charge on any atom is 0.411 e. The van der Waals surface area contributed by atoms with Crippen LogP contribution in [0.4, 0.5) is 10.5 Å². The van der Waals surface area contributed by atoms with Gasteiger partial charge in [-0.25, -0.2) is 4.79 Å². The molecular formula is C29H32N6O3. The molecule has 1 saturated carbocycles. The smallest absolute Gasteiger partial charge is 0.411 e. The van der Waals surface area contributed by atoms with Gasteiger partial charge in [0.05, 0.1) is 29.5 Å². The molecule has 0 spiro atoms. The Hall–Kier alpha value is -4.32. The largest absolute Gasteiger partial charge is 0.494 e. The van der Waals surface area contributed by atoms with Crippen LogP contribution in [0.5, 0.6) is 5.75 Å². The molecule has 2 aromatic carbocycles. The van der Waals surface area contributed by atoms with Gasteiger partial charge in [0.15, 0.2) is 0 Å². The van der Waals surface area contributed by atoms with E-state index in [1.165, 1.54) is 6.42 Å². The van der Waals surface area contributed by atoms with Crippen LogP contribution in [0.15, 0.2) is 55.1 Å². The van der Waals surface area contributed by atoms with E-state index in [9.17, 15) is 10.1 Å². The summed E-state index contributed by atoms with van der Waals surface area (Å²) >= 11 is 0. The van der Waals surface area contributed by atoms with Crippen molar-refractivity contribution in [2.75, 3.05) is 11.9 Å². The Kier molecular flexibility index (Phi) is 7.59. The minimum Gasteiger partial charge on any atom is -0.494 e. The second-order valence-electron chi connectivity index (χ2n) is 9.88. The van der Waals surface area contributed by atoms with Crippen LogP contribution in [-0.4, -0.2) is 38.1 Å². The molecule has 0 atom stereocenters. The van der Waals surface area contributed by atoms with Crippen LogP contribution in [-0.2, 0) is 11.3 Å². The minimum atomic E-state index is -0.486. The molecule has 0 saturated heterocycles. The molecule has 2 aromatic heterocycles. The molecule has 38 heavy (non-hydrogen) atoms. The number of aromatic nitrogens is 4. The number of hydrogen-bond acceptors (Lipinski definition) is 6. The predicted octanol–water partition coefficient (Wildman–Crippen LogP) is 6.31. The third-order valence-electron chi connectivity index (χ3n) is 6.82. The third kappa shape index (κ3) is 5.49. The quantitative estimate of drug-likeness (QED) is 0.249. The van der Waals surface area contributed by atoms with Gasteiger partial charge in [0, 0.05) is 29.7 Å². The molecule has 196 valence electrons. The number of carbonyl (C=O) groups excluding carboxylic acids is 1. The van der Waals surface area contributed by atoms with Crippen molar-refractivity contribution >= 4 is 22.7 Å². The van der Waals surface area contributed by atoms with E-state index < -0.39 is 6.09 Å². The van der Waals surface area contributed by atoms with Crippen LogP contribution in [0.1, 0.15) is 57.6 Å². The lowest BCUT2D eigenvalue weighted by molar-refractivity contribution is 0.130. The van der Waals surface area contributed by atoms with E-state index in [1.807, 2.05) is 54.8 Å². The highest BCUT2D eigenvalue weighted by Crippen LogP contribution is 2.43. The van der Waals surface area contributed by atoms with Gasteiger partial charge in [0.2, 0.25) is 0 Å². The summed E-state index contributed by atoms with van der Waals surface area (Å²) in [4.78, 5) is 12.0. The second kappa shape index (κ2) is 11.4. The Morgan fingerprint density at radius 3 is 2.55 bits per heavy atom. The molecule has 0 unspecified atom stereocenters. The fourth-order valence-corrected chi connectivity index (χ4v) is 4.80. The molecule has 0 bridgehead atoms.